The number of hydrogen-bond acceptors (Lipinski definition) is 5. The highest BCUT2D eigenvalue weighted by molar-refractivity contribution is 6.30. The fourth-order valence-electron chi connectivity index (χ4n) is 6.87. The van der Waals surface area contributed by atoms with E-state index in [0.717, 1.165) is 37.7 Å². The Balaban J connectivity index is 1.34. The van der Waals surface area contributed by atoms with Crippen LogP contribution in [-0.2, 0) is 25.7 Å². The van der Waals surface area contributed by atoms with Crippen molar-refractivity contribution in [2.45, 2.75) is 69.4 Å². The molecule has 3 aliphatic heterocycles. The van der Waals surface area contributed by atoms with Gasteiger partial charge in [0, 0.05) is 22.3 Å². The van der Waals surface area contributed by atoms with Crippen LogP contribution in [0.3, 0.4) is 0 Å². The molecule has 3 amide bonds. The summed E-state index contributed by atoms with van der Waals surface area (Å²) in [5, 5.41) is 6.63. The van der Waals surface area contributed by atoms with Gasteiger partial charge in [-0.15, -0.1) is 0 Å². The highest BCUT2D eigenvalue weighted by atomic mass is 35.5. The Morgan fingerprint density at radius 3 is 2.67 bits per heavy atom. The molecule has 5 atom stereocenters. The van der Waals surface area contributed by atoms with Gasteiger partial charge in [0.05, 0.1) is 31.1 Å². The van der Waals surface area contributed by atoms with Gasteiger partial charge in [-0.05, 0) is 44.0 Å². The Hall–Kier alpha value is -3.36. The van der Waals surface area contributed by atoms with Crippen molar-refractivity contribution in [2.24, 2.45) is 11.8 Å². The molecular formula is C31H34ClN3O5. The largest absolute Gasteiger partial charge is 0.494 e. The molecule has 0 unspecified atom stereocenters. The average molecular weight is 564 g/mol. The van der Waals surface area contributed by atoms with Crippen LogP contribution in [-0.4, -0.2) is 53.0 Å². The van der Waals surface area contributed by atoms with Crippen LogP contribution in [0.5, 0.6) is 5.75 Å². The average Bonchev–Trinajstić information content (AvgIpc) is 3.58. The zero-order valence-corrected chi connectivity index (χ0v) is 23.2. The molecule has 0 radical (unpaired) electrons. The summed E-state index contributed by atoms with van der Waals surface area (Å²) in [6.07, 6.45) is 8.19. The van der Waals surface area contributed by atoms with Crippen molar-refractivity contribution in [1.29, 1.82) is 0 Å². The van der Waals surface area contributed by atoms with Gasteiger partial charge in [0.2, 0.25) is 17.7 Å². The minimum atomic E-state index is -1.22. The third kappa shape index (κ3) is 4.67. The lowest BCUT2D eigenvalue weighted by atomic mass is 9.74. The SMILES string of the molecule is CCOc1ccccc1CN1C(=O)[C@@H]2[C@@H](C(=O)Nc3cccc(Cl)c3)[C@@H]3C=C[C@@]2(O3)[C@@H]1C(=O)NC1CCCCC1. The van der Waals surface area contributed by atoms with Gasteiger partial charge in [-0.2, -0.15) is 0 Å². The van der Waals surface area contributed by atoms with Crippen molar-refractivity contribution in [2.75, 3.05) is 11.9 Å². The minimum absolute atomic E-state index is 0.0638. The Bertz CT molecular complexity index is 1340. The highest BCUT2D eigenvalue weighted by Gasteiger charge is 2.72. The normalized spacial score (nSPS) is 28.9. The van der Waals surface area contributed by atoms with Crippen LogP contribution in [0.15, 0.2) is 60.7 Å². The van der Waals surface area contributed by atoms with Gasteiger partial charge >= 0.3 is 0 Å². The number of carbonyl (C=O) groups is 3. The number of nitrogens with zero attached hydrogens (tertiary/aromatic N) is 1. The van der Waals surface area contributed by atoms with Gasteiger partial charge in [-0.25, -0.2) is 0 Å². The third-order valence-electron chi connectivity index (χ3n) is 8.58. The van der Waals surface area contributed by atoms with E-state index in [9.17, 15) is 14.4 Å². The number of benzene rings is 2. The molecule has 3 heterocycles. The summed E-state index contributed by atoms with van der Waals surface area (Å²) in [4.78, 5) is 43.5. The zero-order chi connectivity index (χ0) is 27.9. The first-order valence-electron chi connectivity index (χ1n) is 14.2. The topological polar surface area (TPSA) is 97.0 Å². The monoisotopic (exact) mass is 563 g/mol. The van der Waals surface area contributed by atoms with Crippen molar-refractivity contribution < 1.29 is 23.9 Å². The lowest BCUT2D eigenvalue weighted by Gasteiger charge is -2.34. The van der Waals surface area contributed by atoms with E-state index in [1.807, 2.05) is 43.3 Å². The van der Waals surface area contributed by atoms with Gasteiger partial charge in [0.15, 0.2) is 0 Å². The Morgan fingerprint density at radius 1 is 1.10 bits per heavy atom. The second-order valence-corrected chi connectivity index (χ2v) is 11.5. The number of likely N-dealkylation sites (tertiary alicyclic amines) is 1. The minimum Gasteiger partial charge on any atom is -0.494 e. The van der Waals surface area contributed by atoms with Crippen LogP contribution >= 0.6 is 11.6 Å². The van der Waals surface area contributed by atoms with E-state index in [1.54, 1.807) is 29.2 Å². The molecule has 1 saturated carbocycles. The molecule has 2 N–H and O–H groups in total. The van der Waals surface area contributed by atoms with Gasteiger partial charge in [0.1, 0.15) is 17.4 Å². The van der Waals surface area contributed by atoms with Crippen LogP contribution in [0.2, 0.25) is 5.02 Å². The number of nitrogens with one attached hydrogen (secondary N) is 2. The molecule has 9 heteroatoms. The molecule has 2 bridgehead atoms. The van der Waals surface area contributed by atoms with E-state index in [1.165, 1.54) is 0 Å². The van der Waals surface area contributed by atoms with Crippen molar-refractivity contribution in [3.63, 3.8) is 0 Å². The molecule has 8 nitrogen and oxygen atoms in total. The molecular weight excluding hydrogens is 530 g/mol. The maximum atomic E-state index is 14.3. The Labute approximate surface area is 239 Å². The third-order valence-corrected chi connectivity index (χ3v) is 8.82. The predicted molar refractivity (Wildman–Crippen MR) is 151 cm³/mol. The van der Waals surface area contributed by atoms with Crippen LogP contribution < -0.4 is 15.4 Å². The molecule has 2 aromatic rings. The summed E-state index contributed by atoms with van der Waals surface area (Å²) < 4.78 is 12.3. The first-order valence-corrected chi connectivity index (χ1v) is 14.5. The number of carbonyl (C=O) groups excluding carboxylic acids is 3. The van der Waals surface area contributed by atoms with Gasteiger partial charge in [-0.1, -0.05) is 67.3 Å². The summed E-state index contributed by atoms with van der Waals surface area (Å²) in [5.41, 5.74) is 0.109. The first-order chi connectivity index (χ1) is 19.4. The van der Waals surface area contributed by atoms with Crippen LogP contribution in [0.25, 0.3) is 0 Å². The number of hydrogen-bond donors (Lipinski definition) is 2. The van der Waals surface area contributed by atoms with E-state index in [0.29, 0.717) is 23.1 Å². The second-order valence-electron chi connectivity index (χ2n) is 11.1. The number of amides is 3. The molecule has 210 valence electrons. The van der Waals surface area contributed by atoms with E-state index < -0.39 is 29.6 Å². The maximum Gasteiger partial charge on any atom is 0.246 e. The predicted octanol–water partition coefficient (Wildman–Crippen LogP) is 4.48. The van der Waals surface area contributed by atoms with E-state index in [2.05, 4.69) is 10.6 Å². The standard InChI is InChI=1S/C31H34ClN3O5/c1-2-39-23-14-7-6-9-19(23)18-35-27(29(37)33-21-11-4-3-5-12-21)31-16-15-24(40-31)25(26(31)30(35)38)28(36)34-22-13-8-10-20(32)17-22/h6-10,13-17,21,24-27H,2-5,11-12,18H2,1H3,(H,33,37)(H,34,36)/t24-,25-,26-,27-,31-/m0/s1. The number of halogens is 1. The number of rotatable bonds is 8. The van der Waals surface area contributed by atoms with Crippen molar-refractivity contribution in [3.8, 4) is 5.75 Å². The Kier molecular flexibility index (Phi) is 7.31. The van der Waals surface area contributed by atoms with Crippen molar-refractivity contribution in [3.05, 3.63) is 71.3 Å². The van der Waals surface area contributed by atoms with Crippen molar-refractivity contribution >= 4 is 35.0 Å². The van der Waals surface area contributed by atoms with Gasteiger partial charge < -0.3 is 25.0 Å². The number of para-hydroxylation sites is 1. The number of anilines is 1. The van der Waals surface area contributed by atoms with Gasteiger partial charge in [-0.3, -0.25) is 14.4 Å². The molecule has 3 fully saturated rings. The van der Waals surface area contributed by atoms with Crippen LogP contribution in [0.1, 0.15) is 44.6 Å². The van der Waals surface area contributed by atoms with E-state index in [4.69, 9.17) is 21.1 Å². The summed E-state index contributed by atoms with van der Waals surface area (Å²) >= 11 is 6.12. The molecule has 1 spiro atoms. The fraction of sp³-hybridized carbons (Fsp3) is 0.452. The molecule has 0 aromatic heterocycles. The lowest BCUT2D eigenvalue weighted by molar-refractivity contribution is -0.142. The fourth-order valence-corrected chi connectivity index (χ4v) is 7.06. The van der Waals surface area contributed by atoms with Crippen molar-refractivity contribution in [1.82, 2.24) is 10.2 Å². The molecule has 40 heavy (non-hydrogen) atoms. The highest BCUT2D eigenvalue weighted by Crippen LogP contribution is 2.55. The summed E-state index contributed by atoms with van der Waals surface area (Å²) in [7, 11) is 0. The molecule has 2 aromatic carbocycles. The summed E-state index contributed by atoms with van der Waals surface area (Å²) in [6.45, 7) is 2.55. The lowest BCUT2D eigenvalue weighted by Crippen LogP contribution is -2.56. The van der Waals surface area contributed by atoms with E-state index >= 15 is 0 Å². The second kappa shape index (κ2) is 10.9. The number of ether oxygens (including phenoxy) is 2. The summed E-state index contributed by atoms with van der Waals surface area (Å²) in [6, 6.07) is 13.6. The molecule has 6 rings (SSSR count). The number of fused-ring (bicyclic) bond motifs is 1. The quantitative estimate of drug-likeness (QED) is 0.462. The zero-order valence-electron chi connectivity index (χ0n) is 22.5. The van der Waals surface area contributed by atoms with Crippen LogP contribution in [0, 0.1) is 11.8 Å². The smallest absolute Gasteiger partial charge is 0.246 e. The molecule has 1 aliphatic carbocycles. The van der Waals surface area contributed by atoms with E-state index in [-0.39, 0.29) is 30.3 Å². The summed E-state index contributed by atoms with van der Waals surface area (Å²) in [5.74, 6) is -1.79. The van der Waals surface area contributed by atoms with Gasteiger partial charge in [0.25, 0.3) is 0 Å². The maximum absolute atomic E-state index is 14.3. The van der Waals surface area contributed by atoms with Crippen LogP contribution in [0.4, 0.5) is 5.69 Å². The molecule has 4 aliphatic rings. The molecule has 2 saturated heterocycles. The first kappa shape index (κ1) is 26.8. The Morgan fingerprint density at radius 2 is 1.90 bits per heavy atom.